The molecular formula is C6H11FO5. The van der Waals surface area contributed by atoms with Crippen molar-refractivity contribution in [3.63, 3.8) is 0 Å². The smallest absolute Gasteiger partial charge is 0.228 e. The second-order valence-electron chi connectivity index (χ2n) is 2.68. The van der Waals surface area contributed by atoms with Gasteiger partial charge in [0.05, 0.1) is 6.61 Å². The Bertz CT molecular complexity index is 150. The molecule has 12 heavy (non-hydrogen) atoms. The minimum absolute atomic E-state index is 0.606. The van der Waals surface area contributed by atoms with Crippen LogP contribution in [0.1, 0.15) is 0 Å². The number of rotatable bonds is 1. The molecule has 1 aliphatic heterocycles. The molecule has 1 unspecified atom stereocenters. The lowest BCUT2D eigenvalue weighted by Gasteiger charge is -2.36. The lowest BCUT2D eigenvalue weighted by atomic mass is 10.00. The molecule has 5 nitrogen and oxygen atoms in total. The Kier molecular flexibility index (Phi) is 2.97. The van der Waals surface area contributed by atoms with Crippen LogP contribution < -0.4 is 0 Å². The van der Waals surface area contributed by atoms with Gasteiger partial charge in [0.1, 0.15) is 24.4 Å². The van der Waals surface area contributed by atoms with Gasteiger partial charge in [-0.2, -0.15) is 0 Å². The van der Waals surface area contributed by atoms with E-state index >= 15 is 0 Å². The maximum absolute atomic E-state index is 12.6. The summed E-state index contributed by atoms with van der Waals surface area (Å²) < 4.78 is 16.9. The van der Waals surface area contributed by atoms with E-state index in [1.54, 1.807) is 0 Å². The van der Waals surface area contributed by atoms with Gasteiger partial charge in [-0.05, 0) is 0 Å². The molecule has 1 heterocycles. The highest BCUT2D eigenvalue weighted by molar-refractivity contribution is 4.88. The van der Waals surface area contributed by atoms with Crippen molar-refractivity contribution in [1.82, 2.24) is 0 Å². The summed E-state index contributed by atoms with van der Waals surface area (Å²) >= 11 is 0. The number of aliphatic hydroxyl groups excluding tert-OH is 4. The van der Waals surface area contributed by atoms with Crippen LogP contribution in [0.4, 0.5) is 4.39 Å². The Labute approximate surface area is 68.0 Å². The van der Waals surface area contributed by atoms with Gasteiger partial charge in [-0.3, -0.25) is 0 Å². The van der Waals surface area contributed by atoms with E-state index in [0.29, 0.717) is 0 Å². The quantitative estimate of drug-likeness (QED) is 0.368. The van der Waals surface area contributed by atoms with Gasteiger partial charge in [-0.15, -0.1) is 0 Å². The molecule has 1 rings (SSSR count). The molecule has 4 N–H and O–H groups in total. The monoisotopic (exact) mass is 182 g/mol. The fraction of sp³-hybridized carbons (Fsp3) is 1.00. The van der Waals surface area contributed by atoms with Crippen molar-refractivity contribution < 1.29 is 29.6 Å². The topological polar surface area (TPSA) is 90.2 Å². The molecule has 1 fully saturated rings. The van der Waals surface area contributed by atoms with Crippen LogP contribution in [0, 0.1) is 0 Å². The van der Waals surface area contributed by atoms with E-state index in [1.807, 2.05) is 0 Å². The van der Waals surface area contributed by atoms with Gasteiger partial charge in [0.15, 0.2) is 0 Å². The van der Waals surface area contributed by atoms with Crippen LogP contribution in [0.25, 0.3) is 0 Å². The average Bonchev–Trinajstić information content (AvgIpc) is 2.08. The van der Waals surface area contributed by atoms with E-state index in [9.17, 15) is 4.39 Å². The predicted octanol–water partition coefficient (Wildman–Crippen LogP) is -2.24. The SMILES string of the molecule is OC[C@H]1OC(F)[C@H](O)[C@H](O)[C@@H]1O. The first-order chi connectivity index (χ1) is 5.57. The third-order valence-electron chi connectivity index (χ3n) is 1.83. The molecule has 0 aliphatic carbocycles. The zero-order chi connectivity index (χ0) is 9.30. The normalized spacial score (nSPS) is 49.2. The van der Waals surface area contributed by atoms with Crippen molar-refractivity contribution in [3.05, 3.63) is 0 Å². The Morgan fingerprint density at radius 2 is 1.67 bits per heavy atom. The van der Waals surface area contributed by atoms with Crippen molar-refractivity contribution in [2.75, 3.05) is 6.61 Å². The molecule has 0 bridgehead atoms. The highest BCUT2D eigenvalue weighted by Crippen LogP contribution is 2.21. The average molecular weight is 182 g/mol. The van der Waals surface area contributed by atoms with Crippen LogP contribution in [0.3, 0.4) is 0 Å². The lowest BCUT2D eigenvalue weighted by Crippen LogP contribution is -2.57. The molecule has 0 radical (unpaired) electrons. The summed E-state index contributed by atoms with van der Waals surface area (Å²) in [6.45, 7) is -0.606. The van der Waals surface area contributed by atoms with Gasteiger partial charge in [0.25, 0.3) is 0 Å². The Hall–Kier alpha value is -0.270. The number of halogens is 1. The molecule has 72 valence electrons. The number of aliphatic hydroxyl groups is 4. The Morgan fingerprint density at radius 3 is 2.17 bits per heavy atom. The van der Waals surface area contributed by atoms with Crippen molar-refractivity contribution >= 4 is 0 Å². The second-order valence-corrected chi connectivity index (χ2v) is 2.68. The Balaban J connectivity index is 2.63. The van der Waals surface area contributed by atoms with E-state index in [0.717, 1.165) is 0 Å². The molecule has 0 amide bonds. The maximum atomic E-state index is 12.6. The largest absolute Gasteiger partial charge is 0.394 e. The summed E-state index contributed by atoms with van der Waals surface area (Å²) in [4.78, 5) is 0. The minimum atomic E-state index is -2.07. The van der Waals surface area contributed by atoms with Gasteiger partial charge in [-0.25, -0.2) is 4.39 Å². The Morgan fingerprint density at radius 1 is 1.08 bits per heavy atom. The zero-order valence-electron chi connectivity index (χ0n) is 6.17. The maximum Gasteiger partial charge on any atom is 0.228 e. The summed E-state index contributed by atoms with van der Waals surface area (Å²) in [6.07, 6.45) is -8.09. The van der Waals surface area contributed by atoms with Crippen molar-refractivity contribution in [1.29, 1.82) is 0 Å². The van der Waals surface area contributed by atoms with Gasteiger partial charge in [0, 0.05) is 0 Å². The molecule has 1 saturated heterocycles. The van der Waals surface area contributed by atoms with Crippen LogP contribution in [0.2, 0.25) is 0 Å². The number of ether oxygens (including phenoxy) is 1. The number of hydrogen-bond acceptors (Lipinski definition) is 5. The van der Waals surface area contributed by atoms with Gasteiger partial charge in [0.2, 0.25) is 6.36 Å². The van der Waals surface area contributed by atoms with E-state index < -0.39 is 37.4 Å². The molecule has 0 spiro atoms. The van der Waals surface area contributed by atoms with E-state index in [2.05, 4.69) is 4.74 Å². The molecule has 5 atom stereocenters. The van der Waals surface area contributed by atoms with Gasteiger partial charge in [-0.1, -0.05) is 0 Å². The fourth-order valence-electron chi connectivity index (χ4n) is 1.06. The summed E-state index contributed by atoms with van der Waals surface area (Å²) in [7, 11) is 0. The molecule has 0 aromatic rings. The van der Waals surface area contributed by atoms with Crippen molar-refractivity contribution in [2.24, 2.45) is 0 Å². The predicted molar refractivity (Wildman–Crippen MR) is 34.9 cm³/mol. The second kappa shape index (κ2) is 3.63. The standard InChI is InChI=1S/C6H11FO5/c7-6-5(11)4(10)3(9)2(1-8)12-6/h2-6,8-11H,1H2/t2-,3-,4-,5-,6?/m1/s1. The first kappa shape index (κ1) is 9.82. The lowest BCUT2D eigenvalue weighted by molar-refractivity contribution is -0.262. The van der Waals surface area contributed by atoms with Crippen LogP contribution in [-0.2, 0) is 4.74 Å². The van der Waals surface area contributed by atoms with Gasteiger partial charge >= 0.3 is 0 Å². The fourth-order valence-corrected chi connectivity index (χ4v) is 1.06. The summed E-state index contributed by atoms with van der Waals surface area (Å²) in [5.41, 5.74) is 0. The van der Waals surface area contributed by atoms with E-state index in [4.69, 9.17) is 20.4 Å². The molecule has 6 heteroatoms. The van der Waals surface area contributed by atoms with Crippen LogP contribution in [0.5, 0.6) is 0 Å². The molecular weight excluding hydrogens is 171 g/mol. The zero-order valence-corrected chi connectivity index (χ0v) is 6.17. The summed E-state index contributed by atoms with van der Waals surface area (Å²) in [5, 5.41) is 35.4. The first-order valence-electron chi connectivity index (χ1n) is 3.52. The van der Waals surface area contributed by atoms with Crippen LogP contribution >= 0.6 is 0 Å². The highest BCUT2D eigenvalue weighted by Gasteiger charge is 2.43. The third kappa shape index (κ3) is 1.57. The molecule has 0 aromatic heterocycles. The number of hydrogen-bond donors (Lipinski definition) is 4. The first-order valence-corrected chi connectivity index (χ1v) is 3.52. The van der Waals surface area contributed by atoms with Crippen LogP contribution in [0.15, 0.2) is 0 Å². The van der Waals surface area contributed by atoms with Crippen LogP contribution in [-0.4, -0.2) is 57.8 Å². The molecule has 1 aliphatic rings. The van der Waals surface area contributed by atoms with E-state index in [-0.39, 0.29) is 0 Å². The molecule has 0 aromatic carbocycles. The number of alkyl halides is 1. The van der Waals surface area contributed by atoms with Crippen molar-refractivity contribution in [3.8, 4) is 0 Å². The molecule has 0 saturated carbocycles. The van der Waals surface area contributed by atoms with Gasteiger partial charge < -0.3 is 25.2 Å². The summed E-state index contributed by atoms with van der Waals surface area (Å²) in [6, 6.07) is 0. The summed E-state index contributed by atoms with van der Waals surface area (Å²) in [5.74, 6) is 0. The van der Waals surface area contributed by atoms with E-state index in [1.165, 1.54) is 0 Å². The third-order valence-corrected chi connectivity index (χ3v) is 1.83. The van der Waals surface area contributed by atoms with Crippen molar-refractivity contribution in [2.45, 2.75) is 30.8 Å². The highest BCUT2D eigenvalue weighted by atomic mass is 19.1. The minimum Gasteiger partial charge on any atom is -0.394 e.